The highest BCUT2D eigenvalue weighted by atomic mass is 32.2. The van der Waals surface area contributed by atoms with Crippen LogP contribution in [0.2, 0.25) is 0 Å². The second kappa shape index (κ2) is 5.53. The summed E-state index contributed by atoms with van der Waals surface area (Å²) < 4.78 is 29.6. The summed E-state index contributed by atoms with van der Waals surface area (Å²) in [6, 6.07) is 5.53. The average molecular weight is 259 g/mol. The maximum Gasteiger partial charge on any atom is 0.418 e. The summed E-state index contributed by atoms with van der Waals surface area (Å²) in [6.07, 6.45) is -0.767. The molecule has 0 saturated heterocycles. The Hall–Kier alpha value is -1.76. The third-order valence-corrected chi connectivity index (χ3v) is 3.16. The van der Waals surface area contributed by atoms with E-state index in [4.69, 9.17) is 9.84 Å². The summed E-state index contributed by atoms with van der Waals surface area (Å²) in [4.78, 5) is 10.2. The highest BCUT2D eigenvalue weighted by Gasteiger charge is 2.16. The largest absolute Gasteiger partial charge is 0.494 e. The Kier molecular flexibility index (Phi) is 4.33. The molecule has 0 atom stereocenters. The van der Waals surface area contributed by atoms with Gasteiger partial charge < -0.3 is 9.84 Å². The molecular formula is C10H13NO5S. The maximum absolute atomic E-state index is 11.4. The summed E-state index contributed by atoms with van der Waals surface area (Å²) in [7, 11) is -4.00. The summed E-state index contributed by atoms with van der Waals surface area (Å²) >= 11 is 0. The fourth-order valence-corrected chi connectivity index (χ4v) is 1.95. The average Bonchev–Trinajstić information content (AvgIpc) is 2.25. The van der Waals surface area contributed by atoms with Gasteiger partial charge >= 0.3 is 6.09 Å². The minimum atomic E-state index is -4.00. The fraction of sp³-hybridized carbons (Fsp3) is 0.300. The Morgan fingerprint density at radius 1 is 1.35 bits per heavy atom. The molecule has 1 rings (SSSR count). The second-order valence-electron chi connectivity index (χ2n) is 3.23. The molecule has 0 radical (unpaired) electrons. The number of benzene rings is 1. The number of carbonyl (C=O) groups is 1. The van der Waals surface area contributed by atoms with Crippen molar-refractivity contribution in [2.24, 2.45) is 0 Å². The van der Waals surface area contributed by atoms with Crippen molar-refractivity contribution in [3.8, 4) is 5.75 Å². The quantitative estimate of drug-likeness (QED) is 0.834. The van der Waals surface area contributed by atoms with Crippen molar-refractivity contribution in [3.05, 3.63) is 24.3 Å². The van der Waals surface area contributed by atoms with Crippen LogP contribution in [0.25, 0.3) is 0 Å². The van der Waals surface area contributed by atoms with Crippen molar-refractivity contribution in [1.29, 1.82) is 0 Å². The first kappa shape index (κ1) is 13.3. The van der Waals surface area contributed by atoms with E-state index in [1.54, 1.807) is 0 Å². The predicted molar refractivity (Wildman–Crippen MR) is 60.6 cm³/mol. The second-order valence-corrected chi connectivity index (χ2v) is 4.91. The van der Waals surface area contributed by atoms with Gasteiger partial charge in [-0.2, -0.15) is 0 Å². The summed E-state index contributed by atoms with van der Waals surface area (Å²) in [5, 5.41) is 8.37. The zero-order valence-corrected chi connectivity index (χ0v) is 10.0. The van der Waals surface area contributed by atoms with Gasteiger partial charge in [-0.1, -0.05) is 6.92 Å². The number of nitrogens with one attached hydrogen (secondary N) is 1. The SMILES string of the molecule is CCCOc1ccc(S(=O)(=O)NC(=O)O)cc1. The van der Waals surface area contributed by atoms with Crippen molar-refractivity contribution >= 4 is 16.1 Å². The molecule has 17 heavy (non-hydrogen) atoms. The Labute approximate surface area is 99.3 Å². The summed E-state index contributed by atoms with van der Waals surface area (Å²) in [5.74, 6) is 0.543. The zero-order chi connectivity index (χ0) is 12.9. The van der Waals surface area contributed by atoms with Crippen LogP contribution in [-0.4, -0.2) is 26.2 Å². The first-order valence-electron chi connectivity index (χ1n) is 4.94. The van der Waals surface area contributed by atoms with E-state index in [0.717, 1.165) is 6.42 Å². The number of rotatable bonds is 5. The minimum Gasteiger partial charge on any atom is -0.494 e. The summed E-state index contributed by atoms with van der Waals surface area (Å²) in [5.41, 5.74) is 0. The smallest absolute Gasteiger partial charge is 0.418 e. The lowest BCUT2D eigenvalue weighted by Gasteiger charge is -2.06. The van der Waals surface area contributed by atoms with Crippen LogP contribution in [0.5, 0.6) is 5.75 Å². The highest BCUT2D eigenvalue weighted by molar-refractivity contribution is 7.90. The molecule has 0 fully saturated rings. The Balaban J connectivity index is 2.83. The molecule has 6 nitrogen and oxygen atoms in total. The van der Waals surface area contributed by atoms with E-state index in [2.05, 4.69) is 0 Å². The predicted octanol–water partition coefficient (Wildman–Crippen LogP) is 1.43. The third kappa shape index (κ3) is 3.95. The van der Waals surface area contributed by atoms with Crippen LogP contribution in [0.15, 0.2) is 29.2 Å². The number of hydrogen-bond donors (Lipinski definition) is 2. The molecule has 1 aromatic carbocycles. The van der Waals surface area contributed by atoms with Gasteiger partial charge in [0.05, 0.1) is 11.5 Å². The summed E-state index contributed by atoms with van der Waals surface area (Å²) in [6.45, 7) is 2.50. The Bertz CT molecular complexity index is 480. The lowest BCUT2D eigenvalue weighted by atomic mass is 10.3. The molecule has 0 aliphatic carbocycles. The van der Waals surface area contributed by atoms with Crippen molar-refractivity contribution in [2.45, 2.75) is 18.2 Å². The van der Waals surface area contributed by atoms with E-state index in [1.165, 1.54) is 29.0 Å². The lowest BCUT2D eigenvalue weighted by Crippen LogP contribution is -2.28. The first-order chi connectivity index (χ1) is 7.95. The van der Waals surface area contributed by atoms with Gasteiger partial charge in [0.25, 0.3) is 10.0 Å². The van der Waals surface area contributed by atoms with Crippen LogP contribution < -0.4 is 9.46 Å². The van der Waals surface area contributed by atoms with Gasteiger partial charge in [-0.3, -0.25) is 0 Å². The van der Waals surface area contributed by atoms with E-state index in [1.807, 2.05) is 6.92 Å². The molecule has 0 aromatic heterocycles. The van der Waals surface area contributed by atoms with Crippen molar-refractivity contribution in [2.75, 3.05) is 6.61 Å². The maximum atomic E-state index is 11.4. The van der Waals surface area contributed by atoms with Crippen LogP contribution in [0.4, 0.5) is 4.79 Å². The number of hydrogen-bond acceptors (Lipinski definition) is 4. The van der Waals surface area contributed by atoms with Gasteiger partial charge in [0.1, 0.15) is 5.75 Å². The van der Waals surface area contributed by atoms with Gasteiger partial charge in [0.15, 0.2) is 0 Å². The monoisotopic (exact) mass is 259 g/mol. The van der Waals surface area contributed by atoms with Crippen molar-refractivity contribution in [3.63, 3.8) is 0 Å². The molecule has 0 saturated carbocycles. The molecular weight excluding hydrogens is 246 g/mol. The van der Waals surface area contributed by atoms with Gasteiger partial charge in [-0.05, 0) is 30.7 Å². The number of amides is 1. The van der Waals surface area contributed by atoms with Crippen molar-refractivity contribution in [1.82, 2.24) is 4.72 Å². The third-order valence-electron chi connectivity index (χ3n) is 1.83. The van der Waals surface area contributed by atoms with Crippen LogP contribution in [0.1, 0.15) is 13.3 Å². The van der Waals surface area contributed by atoms with Gasteiger partial charge in [-0.15, -0.1) is 0 Å². The van der Waals surface area contributed by atoms with Crippen molar-refractivity contribution < 1.29 is 23.1 Å². The molecule has 0 heterocycles. The van der Waals surface area contributed by atoms with E-state index < -0.39 is 16.1 Å². The van der Waals surface area contributed by atoms with Gasteiger partial charge in [-0.25, -0.2) is 17.9 Å². The topological polar surface area (TPSA) is 92.7 Å². The first-order valence-corrected chi connectivity index (χ1v) is 6.42. The molecule has 1 aromatic rings. The standard InChI is InChI=1S/C10H13NO5S/c1-2-7-16-8-3-5-9(6-4-8)17(14,15)11-10(12)13/h3-6,11H,2,7H2,1H3,(H,12,13). The molecule has 0 unspecified atom stereocenters. The number of sulfonamides is 1. The Morgan fingerprint density at radius 3 is 2.41 bits per heavy atom. The van der Waals surface area contributed by atoms with E-state index in [9.17, 15) is 13.2 Å². The molecule has 94 valence electrons. The Morgan fingerprint density at radius 2 is 1.94 bits per heavy atom. The molecule has 0 aliphatic heterocycles. The molecule has 2 N–H and O–H groups in total. The molecule has 0 spiro atoms. The highest BCUT2D eigenvalue weighted by Crippen LogP contribution is 2.15. The van der Waals surface area contributed by atoms with Gasteiger partial charge in [0.2, 0.25) is 0 Å². The molecule has 7 heteroatoms. The molecule has 0 bridgehead atoms. The van der Waals surface area contributed by atoms with Crippen LogP contribution in [0.3, 0.4) is 0 Å². The lowest BCUT2D eigenvalue weighted by molar-refractivity contribution is 0.201. The van der Waals surface area contributed by atoms with Crippen LogP contribution >= 0.6 is 0 Å². The molecule has 0 aliphatic rings. The van der Waals surface area contributed by atoms with E-state index >= 15 is 0 Å². The number of carboxylic acid groups (broad SMARTS) is 1. The zero-order valence-electron chi connectivity index (χ0n) is 9.21. The van der Waals surface area contributed by atoms with Crippen LogP contribution in [0, 0.1) is 0 Å². The normalized spacial score (nSPS) is 10.9. The number of ether oxygens (including phenoxy) is 1. The molecule has 1 amide bonds. The minimum absolute atomic E-state index is 0.122. The fourth-order valence-electron chi connectivity index (χ4n) is 1.11. The van der Waals surface area contributed by atoms with E-state index in [-0.39, 0.29) is 4.90 Å². The van der Waals surface area contributed by atoms with E-state index in [0.29, 0.717) is 12.4 Å². The van der Waals surface area contributed by atoms with Gasteiger partial charge in [0, 0.05) is 0 Å². The van der Waals surface area contributed by atoms with Crippen LogP contribution in [-0.2, 0) is 10.0 Å².